The van der Waals surface area contributed by atoms with Gasteiger partial charge < -0.3 is 0 Å². The van der Waals surface area contributed by atoms with Crippen molar-refractivity contribution >= 4 is 61.0 Å². The Morgan fingerprint density at radius 3 is 2.30 bits per heavy atom. The van der Waals surface area contributed by atoms with Gasteiger partial charge in [0.05, 0.1) is 38.3 Å². The van der Waals surface area contributed by atoms with Crippen LogP contribution in [0, 0.1) is 20.2 Å². The molecule has 11 nitrogen and oxygen atoms in total. The summed E-state index contributed by atoms with van der Waals surface area (Å²) in [6.07, 6.45) is 0.406. The maximum Gasteiger partial charge on any atom is 0.269 e. The van der Waals surface area contributed by atoms with Crippen molar-refractivity contribution in [3.8, 4) is 0 Å². The van der Waals surface area contributed by atoms with Crippen molar-refractivity contribution in [1.29, 1.82) is 0 Å². The number of hydrazone groups is 1. The predicted molar refractivity (Wildman–Crippen MR) is 168 cm³/mol. The first-order valence-corrected chi connectivity index (χ1v) is 13.8. The summed E-state index contributed by atoms with van der Waals surface area (Å²) in [5.41, 5.74) is 4.65. The largest absolute Gasteiger partial charge is 0.269 e. The van der Waals surface area contributed by atoms with E-state index in [1.165, 1.54) is 24.3 Å². The minimum atomic E-state index is -0.467. The van der Waals surface area contributed by atoms with Crippen LogP contribution in [0.3, 0.4) is 0 Å². The van der Waals surface area contributed by atoms with Crippen LogP contribution in [0.5, 0.6) is 0 Å². The lowest BCUT2D eigenvalue weighted by Gasteiger charge is -2.23. The molecule has 0 fully saturated rings. The summed E-state index contributed by atoms with van der Waals surface area (Å²) in [6, 6.07) is 29.2. The number of imidazole rings is 1. The number of para-hydroxylation sites is 2. The van der Waals surface area contributed by atoms with Crippen LogP contribution in [0.4, 0.5) is 17.1 Å². The molecule has 0 unspecified atom stereocenters. The van der Waals surface area contributed by atoms with Gasteiger partial charge in [-0.3, -0.25) is 34.4 Å². The van der Waals surface area contributed by atoms with Crippen LogP contribution in [-0.4, -0.2) is 24.9 Å². The fourth-order valence-corrected chi connectivity index (χ4v) is 6.30. The first-order valence-electron chi connectivity index (χ1n) is 13.8. The van der Waals surface area contributed by atoms with E-state index in [1.54, 1.807) is 27.6 Å². The average molecular weight is 581 g/mol. The number of rotatable bonds is 5. The van der Waals surface area contributed by atoms with Crippen LogP contribution in [0.25, 0.3) is 38.2 Å². The number of hydrogen-bond donors (Lipinski definition) is 0. The summed E-state index contributed by atoms with van der Waals surface area (Å²) in [7, 11) is 0. The molecule has 0 spiro atoms. The second kappa shape index (κ2) is 9.39. The van der Waals surface area contributed by atoms with Gasteiger partial charge in [-0.25, -0.2) is 4.98 Å². The fraction of sp³-hybridized carbons (Fsp3) is 0.0606. The van der Waals surface area contributed by atoms with Gasteiger partial charge in [0.2, 0.25) is 0 Å². The Kier molecular flexibility index (Phi) is 5.44. The summed E-state index contributed by atoms with van der Waals surface area (Å²) in [5, 5.41) is 32.7. The second-order valence-electron chi connectivity index (χ2n) is 10.7. The lowest BCUT2D eigenvalue weighted by Crippen LogP contribution is -2.18. The van der Waals surface area contributed by atoms with E-state index in [2.05, 4.69) is 0 Å². The van der Waals surface area contributed by atoms with Gasteiger partial charge in [-0.2, -0.15) is 5.10 Å². The van der Waals surface area contributed by atoms with Gasteiger partial charge in [0, 0.05) is 52.4 Å². The fourth-order valence-electron chi connectivity index (χ4n) is 6.30. The highest BCUT2D eigenvalue weighted by Crippen LogP contribution is 2.40. The van der Waals surface area contributed by atoms with Crippen molar-refractivity contribution in [3.05, 3.63) is 145 Å². The van der Waals surface area contributed by atoms with Crippen molar-refractivity contribution < 1.29 is 9.85 Å². The molecule has 0 saturated carbocycles. The molecule has 0 radical (unpaired) electrons. The van der Waals surface area contributed by atoms with E-state index in [4.69, 9.17) is 10.1 Å². The molecule has 7 aromatic rings. The number of pyridine rings is 1. The van der Waals surface area contributed by atoms with Crippen LogP contribution in [0.2, 0.25) is 0 Å². The van der Waals surface area contributed by atoms with Crippen molar-refractivity contribution in [2.75, 3.05) is 5.01 Å². The van der Waals surface area contributed by atoms with Gasteiger partial charge in [0.15, 0.2) is 0 Å². The molecule has 3 heterocycles. The lowest BCUT2D eigenvalue weighted by molar-refractivity contribution is -0.385. The number of nitro benzene ring substituents is 2. The van der Waals surface area contributed by atoms with Crippen molar-refractivity contribution in [3.63, 3.8) is 0 Å². The topological polar surface area (TPSA) is 136 Å². The van der Waals surface area contributed by atoms with E-state index in [-0.39, 0.29) is 16.9 Å². The quantitative estimate of drug-likeness (QED) is 0.162. The van der Waals surface area contributed by atoms with Gasteiger partial charge in [-0.1, -0.05) is 48.5 Å². The van der Waals surface area contributed by atoms with Crippen molar-refractivity contribution in [2.24, 2.45) is 5.10 Å². The zero-order valence-electron chi connectivity index (χ0n) is 22.8. The Labute approximate surface area is 247 Å². The van der Waals surface area contributed by atoms with Gasteiger partial charge in [-0.05, 0) is 41.3 Å². The number of fused-ring (bicyclic) bond motifs is 4. The van der Waals surface area contributed by atoms with Gasteiger partial charge in [-0.15, -0.1) is 0 Å². The van der Waals surface area contributed by atoms with Crippen LogP contribution in [0.1, 0.15) is 23.6 Å². The third-order valence-electron chi connectivity index (χ3n) is 8.29. The third-order valence-corrected chi connectivity index (χ3v) is 8.29. The summed E-state index contributed by atoms with van der Waals surface area (Å²) in [4.78, 5) is 40.6. The second-order valence-corrected chi connectivity index (χ2v) is 10.7. The first kappa shape index (κ1) is 25.5. The van der Waals surface area contributed by atoms with Crippen LogP contribution in [-0.2, 0) is 0 Å². The Morgan fingerprint density at radius 2 is 1.50 bits per heavy atom. The van der Waals surface area contributed by atoms with Crippen LogP contribution in [0.15, 0.2) is 113 Å². The molecule has 11 heteroatoms. The Morgan fingerprint density at radius 1 is 0.750 bits per heavy atom. The molecule has 5 aromatic carbocycles. The Bertz CT molecular complexity index is 2420. The van der Waals surface area contributed by atoms with Crippen LogP contribution < -0.4 is 10.6 Å². The molecule has 0 N–H and O–H groups in total. The molecular formula is C33H20N6O5. The molecule has 1 aliphatic rings. The van der Waals surface area contributed by atoms with Crippen molar-refractivity contribution in [1.82, 2.24) is 9.38 Å². The molecular weight excluding hydrogens is 560 g/mol. The zero-order valence-corrected chi connectivity index (χ0v) is 22.8. The maximum atomic E-state index is 13.8. The molecule has 212 valence electrons. The molecule has 1 atom stereocenters. The minimum Gasteiger partial charge on any atom is -0.268 e. The molecule has 0 bridgehead atoms. The smallest absolute Gasteiger partial charge is 0.268 e. The van der Waals surface area contributed by atoms with E-state index < -0.39 is 15.9 Å². The molecule has 1 aliphatic heterocycles. The number of aromatic nitrogens is 2. The number of nitrogens with zero attached hydrogens (tertiary/aromatic N) is 6. The highest BCUT2D eigenvalue weighted by Gasteiger charge is 2.32. The van der Waals surface area contributed by atoms with Gasteiger partial charge in [0.25, 0.3) is 16.9 Å². The highest BCUT2D eigenvalue weighted by molar-refractivity contribution is 6.22. The molecule has 44 heavy (non-hydrogen) atoms. The van der Waals surface area contributed by atoms with E-state index in [9.17, 15) is 25.0 Å². The number of anilines is 1. The third kappa shape index (κ3) is 3.72. The van der Waals surface area contributed by atoms with Crippen LogP contribution >= 0.6 is 0 Å². The lowest BCUT2D eigenvalue weighted by atomic mass is 9.92. The van der Waals surface area contributed by atoms with Gasteiger partial charge >= 0.3 is 0 Å². The number of hydrogen-bond acceptors (Lipinski definition) is 8. The number of benzene rings is 5. The molecule has 2 aromatic heterocycles. The number of non-ortho nitro benzene ring substituents is 2. The van der Waals surface area contributed by atoms with E-state index in [0.29, 0.717) is 28.7 Å². The normalized spacial score (nSPS) is 15.0. The SMILES string of the molecule is O=c1c2ccc(C3=NN(c4ccc([N+](=O)[O-])cc4)[C@H](c4cccc([N+](=O)[O-])c4)C3)c3cccc(c32)c2nc3ccccc3n12. The number of nitro groups is 2. The predicted octanol–water partition coefficient (Wildman–Crippen LogP) is 6.76. The Hall–Kier alpha value is -6.23. The van der Waals surface area contributed by atoms with E-state index in [0.717, 1.165) is 38.5 Å². The Balaban J connectivity index is 1.33. The minimum absolute atomic E-state index is 0.0393. The summed E-state index contributed by atoms with van der Waals surface area (Å²) in [6.45, 7) is 0. The summed E-state index contributed by atoms with van der Waals surface area (Å²) >= 11 is 0. The first-order chi connectivity index (χ1) is 21.4. The monoisotopic (exact) mass is 580 g/mol. The van der Waals surface area contributed by atoms with Gasteiger partial charge in [0.1, 0.15) is 5.65 Å². The zero-order chi connectivity index (χ0) is 30.1. The standard InChI is InChI=1S/C33H20N6O5/c40-33-26-16-15-23(24-7-4-8-25(31(24)26)32-34-27-9-1-2-10-29(27)36(32)33)28-18-30(19-5-3-6-22(17-19)39(43)44)37(35-28)20-11-13-21(14-12-20)38(41)42/h1-17,30H,18H2/t30-/m0/s1. The van der Waals surface area contributed by atoms with Crippen molar-refractivity contribution in [2.45, 2.75) is 12.5 Å². The average Bonchev–Trinajstić information content (AvgIpc) is 3.66. The van der Waals surface area contributed by atoms with E-state index >= 15 is 0 Å². The highest BCUT2D eigenvalue weighted by atomic mass is 16.6. The summed E-state index contributed by atoms with van der Waals surface area (Å²) in [5.74, 6) is 0. The molecule has 0 aliphatic carbocycles. The maximum absolute atomic E-state index is 13.8. The molecule has 0 amide bonds. The molecule has 8 rings (SSSR count). The summed E-state index contributed by atoms with van der Waals surface area (Å²) < 4.78 is 1.66. The van der Waals surface area contributed by atoms with E-state index in [1.807, 2.05) is 60.7 Å². The molecule has 0 saturated heterocycles.